The van der Waals surface area contributed by atoms with Gasteiger partial charge >= 0.3 is 6.09 Å². The number of halogens is 1. The van der Waals surface area contributed by atoms with Crippen molar-refractivity contribution in [3.05, 3.63) is 30.1 Å². The molecule has 2 heterocycles. The molecule has 0 radical (unpaired) electrons. The van der Waals surface area contributed by atoms with Crippen molar-refractivity contribution in [3.8, 4) is 0 Å². The summed E-state index contributed by atoms with van der Waals surface area (Å²) in [4.78, 5) is 46.4. The van der Waals surface area contributed by atoms with Crippen LogP contribution in [-0.4, -0.2) is 82.6 Å². The molecular formula is C25H37ClN4O5. The average Bonchev–Trinajstić information content (AvgIpc) is 2.83. The number of hydrogen-bond donors (Lipinski definition) is 1. The molecule has 10 heteroatoms. The van der Waals surface area contributed by atoms with Gasteiger partial charge in [-0.25, -0.2) is 4.79 Å². The molecule has 3 rings (SSSR count). The summed E-state index contributed by atoms with van der Waals surface area (Å²) >= 11 is 5.98. The minimum Gasteiger partial charge on any atom is -0.444 e. The van der Waals surface area contributed by atoms with E-state index in [-0.39, 0.29) is 30.9 Å². The number of carbonyl (C=O) groups is 3. The third-order valence-electron chi connectivity index (χ3n) is 6.14. The van der Waals surface area contributed by atoms with E-state index in [0.29, 0.717) is 18.7 Å². The number of amides is 3. The van der Waals surface area contributed by atoms with E-state index in [9.17, 15) is 14.4 Å². The molecule has 0 aromatic carbocycles. The van der Waals surface area contributed by atoms with Gasteiger partial charge in [-0.1, -0.05) is 25.3 Å². The van der Waals surface area contributed by atoms with Gasteiger partial charge in [0.15, 0.2) is 0 Å². The highest BCUT2D eigenvalue weighted by Gasteiger charge is 2.36. The number of morpholine rings is 1. The van der Waals surface area contributed by atoms with E-state index < -0.39 is 29.7 Å². The van der Waals surface area contributed by atoms with Crippen LogP contribution in [0.2, 0.25) is 0 Å². The first-order chi connectivity index (χ1) is 16.7. The van der Waals surface area contributed by atoms with Crippen LogP contribution in [0.1, 0.15) is 64.5 Å². The maximum atomic E-state index is 13.5. The van der Waals surface area contributed by atoms with Crippen molar-refractivity contribution >= 4 is 29.5 Å². The van der Waals surface area contributed by atoms with E-state index >= 15 is 0 Å². The van der Waals surface area contributed by atoms with E-state index in [1.54, 1.807) is 29.4 Å². The molecule has 194 valence electrons. The second kappa shape index (κ2) is 12.5. The summed E-state index contributed by atoms with van der Waals surface area (Å²) in [5.41, 5.74) is -0.0206. The monoisotopic (exact) mass is 508 g/mol. The number of alkyl halides is 1. The van der Waals surface area contributed by atoms with E-state index in [1.165, 1.54) is 11.3 Å². The van der Waals surface area contributed by atoms with Gasteiger partial charge in [-0.2, -0.15) is 0 Å². The van der Waals surface area contributed by atoms with E-state index in [2.05, 4.69) is 10.3 Å². The zero-order valence-electron chi connectivity index (χ0n) is 20.9. The number of aromatic nitrogens is 1. The molecule has 0 bridgehead atoms. The molecule has 1 aliphatic heterocycles. The van der Waals surface area contributed by atoms with Gasteiger partial charge in [0.05, 0.1) is 19.3 Å². The molecule has 9 nitrogen and oxygen atoms in total. The van der Waals surface area contributed by atoms with Gasteiger partial charge in [-0.05, 0) is 39.7 Å². The normalized spacial score (nSPS) is 20.1. The lowest BCUT2D eigenvalue weighted by molar-refractivity contribution is -0.143. The highest BCUT2D eigenvalue weighted by molar-refractivity contribution is 6.27. The van der Waals surface area contributed by atoms with E-state index in [4.69, 9.17) is 21.1 Å². The zero-order valence-corrected chi connectivity index (χ0v) is 21.6. The Hall–Kier alpha value is -2.39. The Bertz CT molecular complexity index is 857. The zero-order chi connectivity index (χ0) is 25.4. The van der Waals surface area contributed by atoms with E-state index in [0.717, 1.165) is 25.7 Å². The molecule has 1 saturated heterocycles. The van der Waals surface area contributed by atoms with Crippen molar-refractivity contribution in [1.29, 1.82) is 0 Å². The lowest BCUT2D eigenvalue weighted by atomic mass is 9.94. The minimum absolute atomic E-state index is 0.0805. The summed E-state index contributed by atoms with van der Waals surface area (Å²) in [5.74, 6) is -0.934. The van der Waals surface area contributed by atoms with Gasteiger partial charge in [0.25, 0.3) is 0 Å². The molecule has 2 fully saturated rings. The van der Waals surface area contributed by atoms with Crippen LogP contribution in [0.5, 0.6) is 0 Å². The average molecular weight is 509 g/mol. The maximum absolute atomic E-state index is 13.5. The molecule has 1 aromatic heterocycles. The van der Waals surface area contributed by atoms with Crippen molar-refractivity contribution in [1.82, 2.24) is 20.1 Å². The predicted octanol–water partition coefficient (Wildman–Crippen LogP) is 3.27. The van der Waals surface area contributed by atoms with Crippen LogP contribution < -0.4 is 5.32 Å². The number of carbonyl (C=O) groups excluding carboxylic acids is 3. The molecule has 1 N–H and O–H groups in total. The van der Waals surface area contributed by atoms with Gasteiger partial charge in [-0.15, -0.1) is 11.6 Å². The molecule has 1 aliphatic carbocycles. The smallest absolute Gasteiger partial charge is 0.410 e. The van der Waals surface area contributed by atoms with Crippen LogP contribution in [0.15, 0.2) is 24.5 Å². The number of rotatable bonds is 7. The van der Waals surface area contributed by atoms with Crippen LogP contribution in [0.25, 0.3) is 0 Å². The Morgan fingerprint density at radius 2 is 2.03 bits per heavy atom. The lowest BCUT2D eigenvalue weighted by Gasteiger charge is -2.38. The molecule has 1 saturated carbocycles. The fourth-order valence-corrected chi connectivity index (χ4v) is 4.66. The Balaban J connectivity index is 1.80. The third-order valence-corrected chi connectivity index (χ3v) is 6.37. The van der Waals surface area contributed by atoms with Gasteiger partial charge in [0, 0.05) is 37.1 Å². The Morgan fingerprint density at radius 3 is 2.66 bits per heavy atom. The molecule has 0 spiro atoms. The SMILES string of the molecule is CC(C)(C)OC(=O)N1CCOC(CN(C(=O)CCl)C(C(=O)NC2CCCCC2)c2cccnc2)C1. The molecule has 35 heavy (non-hydrogen) atoms. The second-order valence-electron chi connectivity index (χ2n) is 10.1. The first-order valence-electron chi connectivity index (χ1n) is 12.3. The van der Waals surface area contributed by atoms with Crippen molar-refractivity contribution in [2.24, 2.45) is 0 Å². The highest BCUT2D eigenvalue weighted by atomic mass is 35.5. The lowest BCUT2D eigenvalue weighted by Crippen LogP contribution is -2.54. The summed E-state index contributed by atoms with van der Waals surface area (Å²) < 4.78 is 11.4. The standard InChI is InChI=1S/C25H37ClN4O5/c1-25(2,3)35-24(33)29-12-13-34-20(16-29)17-30(21(31)14-26)22(18-8-7-11-27-15-18)23(32)28-19-9-5-4-6-10-19/h7-8,11,15,19-20,22H,4-6,9-10,12-14,16-17H2,1-3H3,(H,28,32). The number of nitrogens with one attached hydrogen (secondary N) is 1. The Morgan fingerprint density at radius 1 is 1.29 bits per heavy atom. The number of hydrogen-bond acceptors (Lipinski definition) is 6. The summed E-state index contributed by atoms with van der Waals surface area (Å²) in [5, 5.41) is 3.14. The molecular weight excluding hydrogens is 472 g/mol. The van der Waals surface area contributed by atoms with Crippen LogP contribution in [0.3, 0.4) is 0 Å². The summed E-state index contributed by atoms with van der Waals surface area (Å²) in [6.45, 7) is 6.47. The molecule has 2 aliphatic rings. The number of pyridine rings is 1. The van der Waals surface area contributed by atoms with Crippen molar-refractivity contribution in [3.63, 3.8) is 0 Å². The van der Waals surface area contributed by atoms with Crippen LogP contribution in [-0.2, 0) is 19.1 Å². The summed E-state index contributed by atoms with van der Waals surface area (Å²) in [7, 11) is 0. The van der Waals surface area contributed by atoms with Gasteiger partial charge < -0.3 is 24.6 Å². The summed E-state index contributed by atoms with van der Waals surface area (Å²) in [6.07, 6.45) is 7.45. The fourth-order valence-electron chi connectivity index (χ4n) is 4.51. The maximum Gasteiger partial charge on any atom is 0.410 e. The molecule has 3 amide bonds. The van der Waals surface area contributed by atoms with Crippen molar-refractivity contribution < 1.29 is 23.9 Å². The highest BCUT2D eigenvalue weighted by Crippen LogP contribution is 2.25. The fraction of sp³-hybridized carbons (Fsp3) is 0.680. The third kappa shape index (κ3) is 8.07. The first kappa shape index (κ1) is 27.2. The van der Waals surface area contributed by atoms with Gasteiger partial charge in [0.2, 0.25) is 11.8 Å². The quantitative estimate of drug-likeness (QED) is 0.567. The largest absolute Gasteiger partial charge is 0.444 e. The molecule has 2 unspecified atom stereocenters. The first-order valence-corrected chi connectivity index (χ1v) is 12.9. The predicted molar refractivity (Wildman–Crippen MR) is 132 cm³/mol. The van der Waals surface area contributed by atoms with E-state index in [1.807, 2.05) is 20.8 Å². The molecule has 2 atom stereocenters. The molecule has 1 aromatic rings. The Labute approximate surface area is 212 Å². The van der Waals surface area contributed by atoms with Crippen LogP contribution >= 0.6 is 11.6 Å². The summed E-state index contributed by atoms with van der Waals surface area (Å²) in [6, 6.07) is 2.69. The van der Waals surface area contributed by atoms with Crippen molar-refractivity contribution in [2.75, 3.05) is 32.1 Å². The topological polar surface area (TPSA) is 101 Å². The number of nitrogens with zero attached hydrogens (tertiary/aromatic N) is 3. The van der Waals surface area contributed by atoms with Crippen LogP contribution in [0, 0.1) is 0 Å². The van der Waals surface area contributed by atoms with Gasteiger partial charge in [-0.3, -0.25) is 14.6 Å². The van der Waals surface area contributed by atoms with Crippen LogP contribution in [0.4, 0.5) is 4.79 Å². The van der Waals surface area contributed by atoms with Crippen molar-refractivity contribution in [2.45, 2.75) is 76.7 Å². The minimum atomic E-state index is -0.905. The van der Waals surface area contributed by atoms with Gasteiger partial charge in [0.1, 0.15) is 17.5 Å². The number of ether oxygens (including phenoxy) is 2. The second-order valence-corrected chi connectivity index (χ2v) is 10.4. The Kier molecular flexibility index (Phi) is 9.74.